The zero-order valence-electron chi connectivity index (χ0n) is 52.8. The van der Waals surface area contributed by atoms with E-state index in [-0.39, 0.29) is 71.8 Å². The van der Waals surface area contributed by atoms with Gasteiger partial charge in [-0.2, -0.15) is 4.98 Å². The number of amides is 1. The number of sulfonamides is 1. The number of nitro benzene ring substituents is 1. The average Bonchev–Trinajstić information content (AvgIpc) is 0.851. The molecule has 15 rings (SSSR count). The number of piperidine rings is 1. The number of aromatic nitrogens is 3. The first-order valence-electron chi connectivity index (χ1n) is 33.1. The summed E-state index contributed by atoms with van der Waals surface area (Å²) in [6.07, 6.45) is 12.0. The fourth-order valence-corrected chi connectivity index (χ4v) is 17.4. The van der Waals surface area contributed by atoms with Crippen LogP contribution in [-0.2, 0) is 24.2 Å². The predicted molar refractivity (Wildman–Crippen MR) is 347 cm³/mol. The van der Waals surface area contributed by atoms with Crippen LogP contribution < -0.4 is 43.7 Å². The summed E-state index contributed by atoms with van der Waals surface area (Å²) in [6.45, 7) is 15.0. The maximum atomic E-state index is 15.0. The minimum absolute atomic E-state index is 0.0239. The standard InChI is InChI=1S/C68H83N11O12S/c1-41(2)90-59-8-6-5-7-50(59)58-37-75(53-12-11-49(53)45-30-61(85-4)65(70-36-45)76-24-28-88-38-42(76)3)22-23-77(58)47-34-68(35-47)17-20-74(21-18-68)46-9-10-51(55(31-46)78-54-16-27-87-40-62(54)91-67-57(78)29-44-13-19-69-64(44)72-67)66(80)73-92(83,84)48-32-56(79(81)82)63-60(33-48)89-39-52(71-63)43-14-25-86-26-15-43/h5-10,13,19,29-33,36,41-43,47,49,52-54,58,62,71H,11-12,14-18,20-28,34-35,37-40H2,1-4H3,(H,69,72)(H,73,80)/t42-,49+,52-,53-,54-,58-,62-/m0/s1. The molecule has 7 aliphatic heterocycles. The van der Waals surface area contributed by atoms with E-state index < -0.39 is 37.5 Å². The Balaban J connectivity index is 0.684. The number of nitrogens with one attached hydrogen (secondary N) is 3. The summed E-state index contributed by atoms with van der Waals surface area (Å²) in [5.74, 6) is 2.66. The molecule has 1 spiro atoms. The van der Waals surface area contributed by atoms with Crippen LogP contribution in [0, 0.1) is 21.4 Å². The van der Waals surface area contributed by atoms with E-state index in [2.05, 4.69) is 96.8 Å². The van der Waals surface area contributed by atoms with Crippen molar-refractivity contribution in [2.75, 3.05) is 113 Å². The Hall–Kier alpha value is -7.48. The Kier molecular flexibility index (Phi) is 16.4. The van der Waals surface area contributed by atoms with Crippen LogP contribution in [0.4, 0.5) is 34.3 Å². The van der Waals surface area contributed by atoms with Gasteiger partial charge >= 0.3 is 0 Å². The zero-order chi connectivity index (χ0) is 63.0. The van der Waals surface area contributed by atoms with Gasteiger partial charge in [-0.05, 0) is 138 Å². The second-order valence-electron chi connectivity index (χ2n) is 27.1. The smallest absolute Gasteiger partial charge is 0.297 e. The monoisotopic (exact) mass is 1280 g/mol. The lowest BCUT2D eigenvalue weighted by Crippen LogP contribution is -2.62. The molecule has 7 fully saturated rings. The molecule has 92 heavy (non-hydrogen) atoms. The molecule has 23 nitrogen and oxygen atoms in total. The number of pyridine rings is 2. The highest BCUT2D eigenvalue weighted by molar-refractivity contribution is 7.90. The Morgan fingerprint density at radius 3 is 2.46 bits per heavy atom. The largest absolute Gasteiger partial charge is 0.493 e. The number of carbonyl (C=O) groups is 1. The van der Waals surface area contributed by atoms with Gasteiger partial charge in [0.15, 0.2) is 23.0 Å². The molecule has 5 saturated heterocycles. The average molecular weight is 1280 g/mol. The summed E-state index contributed by atoms with van der Waals surface area (Å²) in [5.41, 5.74) is 5.03. The number of benzene rings is 3. The number of methoxy groups -OCH3 is 1. The lowest BCUT2D eigenvalue weighted by molar-refractivity contribution is -0.384. The highest BCUT2D eigenvalue weighted by atomic mass is 32.2. The number of hydrogen-bond donors (Lipinski definition) is 3. The molecular weight excluding hydrogens is 1190 g/mol. The van der Waals surface area contributed by atoms with Crippen LogP contribution in [0.1, 0.15) is 112 Å². The number of hydrogen-bond acceptors (Lipinski definition) is 20. The first-order valence-corrected chi connectivity index (χ1v) is 34.6. The summed E-state index contributed by atoms with van der Waals surface area (Å²) >= 11 is 0. The van der Waals surface area contributed by atoms with E-state index in [1.807, 2.05) is 30.5 Å². The number of carbonyl (C=O) groups excluding carboxylic acids is 1. The number of nitro groups is 1. The Bertz CT molecular complexity index is 3870. The van der Waals surface area contributed by atoms with Gasteiger partial charge in [0.1, 0.15) is 29.8 Å². The number of para-hydroxylation sites is 1. The molecule has 0 bridgehead atoms. The molecule has 0 radical (unpaired) electrons. The van der Waals surface area contributed by atoms with Crippen molar-refractivity contribution in [2.45, 2.75) is 138 Å². The van der Waals surface area contributed by atoms with Crippen molar-refractivity contribution in [1.82, 2.24) is 29.5 Å². The van der Waals surface area contributed by atoms with Crippen molar-refractivity contribution in [3.8, 4) is 23.1 Å². The number of H-pyrrole nitrogens is 1. The molecule has 24 heteroatoms. The summed E-state index contributed by atoms with van der Waals surface area (Å²) in [5, 5.41) is 16.8. The van der Waals surface area contributed by atoms with Gasteiger partial charge in [0.25, 0.3) is 21.6 Å². The first-order chi connectivity index (χ1) is 44.7. The molecule has 7 atom stereocenters. The fraction of sp³-hybridized carbons (Fsp3) is 0.544. The Morgan fingerprint density at radius 1 is 0.859 bits per heavy atom. The number of anilines is 5. The van der Waals surface area contributed by atoms with E-state index in [0.717, 1.165) is 125 Å². The van der Waals surface area contributed by atoms with Crippen LogP contribution in [-0.4, -0.2) is 179 Å². The van der Waals surface area contributed by atoms with E-state index in [9.17, 15) is 18.5 Å². The lowest BCUT2D eigenvalue weighted by atomic mass is 9.59. The third-order valence-corrected chi connectivity index (χ3v) is 22.7. The van der Waals surface area contributed by atoms with Gasteiger partial charge in [-0.25, -0.2) is 18.1 Å². The van der Waals surface area contributed by atoms with Gasteiger partial charge in [0.05, 0.1) is 78.3 Å². The first kappa shape index (κ1) is 60.7. The number of fused-ring (bicyclic) bond motifs is 4. The van der Waals surface area contributed by atoms with E-state index in [1.165, 1.54) is 17.2 Å². The molecule has 488 valence electrons. The van der Waals surface area contributed by atoms with E-state index in [1.54, 1.807) is 13.2 Å². The zero-order valence-corrected chi connectivity index (χ0v) is 53.6. The fourth-order valence-electron chi connectivity index (χ4n) is 16.4. The third-order valence-electron chi connectivity index (χ3n) is 21.4. The Labute approximate surface area is 536 Å². The summed E-state index contributed by atoms with van der Waals surface area (Å²) < 4.78 is 74.0. The molecule has 1 amide bonds. The number of rotatable bonds is 15. The highest BCUT2D eigenvalue weighted by Gasteiger charge is 2.52. The number of ether oxygens (including phenoxy) is 7. The van der Waals surface area contributed by atoms with Gasteiger partial charge in [-0.15, -0.1) is 0 Å². The maximum Gasteiger partial charge on any atom is 0.297 e. The van der Waals surface area contributed by atoms with Gasteiger partial charge in [-0.3, -0.25) is 24.7 Å². The van der Waals surface area contributed by atoms with Crippen LogP contribution in [0.15, 0.2) is 90.1 Å². The number of nitrogens with zero attached hydrogens (tertiary/aromatic N) is 8. The second kappa shape index (κ2) is 24.8. The normalized spacial score (nSPS) is 26.1. The van der Waals surface area contributed by atoms with Gasteiger partial charge < -0.3 is 58.2 Å². The molecule has 10 heterocycles. The molecule has 2 saturated carbocycles. The van der Waals surface area contributed by atoms with Crippen LogP contribution >= 0.6 is 0 Å². The van der Waals surface area contributed by atoms with E-state index >= 15 is 4.79 Å². The van der Waals surface area contributed by atoms with Crippen molar-refractivity contribution in [3.05, 3.63) is 112 Å². The van der Waals surface area contributed by atoms with Crippen molar-refractivity contribution in [2.24, 2.45) is 11.3 Å². The Morgan fingerprint density at radius 2 is 1.67 bits per heavy atom. The summed E-state index contributed by atoms with van der Waals surface area (Å²) in [4.78, 5) is 52.1. The quantitative estimate of drug-likeness (QED) is 0.0641. The van der Waals surface area contributed by atoms with Crippen molar-refractivity contribution >= 4 is 61.2 Å². The van der Waals surface area contributed by atoms with Crippen LogP contribution in [0.5, 0.6) is 23.1 Å². The minimum Gasteiger partial charge on any atom is -0.493 e. The third kappa shape index (κ3) is 11.4. The second-order valence-corrected chi connectivity index (χ2v) is 28.8. The van der Waals surface area contributed by atoms with Crippen LogP contribution in [0.2, 0.25) is 0 Å². The molecule has 3 aromatic heterocycles. The van der Waals surface area contributed by atoms with E-state index in [4.69, 9.17) is 43.1 Å². The summed E-state index contributed by atoms with van der Waals surface area (Å²) in [7, 11) is -2.98. The summed E-state index contributed by atoms with van der Waals surface area (Å²) in [6, 6.07) is 23.3. The van der Waals surface area contributed by atoms with Crippen molar-refractivity contribution in [1.29, 1.82) is 0 Å². The van der Waals surface area contributed by atoms with Gasteiger partial charge in [0.2, 0.25) is 5.88 Å². The number of morpholine rings is 1. The number of aromatic amines is 1. The maximum absolute atomic E-state index is 15.0. The topological polar surface area (TPSA) is 241 Å². The molecule has 0 unspecified atom stereocenters. The molecule has 9 aliphatic rings. The highest BCUT2D eigenvalue weighted by Crippen LogP contribution is 2.55. The lowest BCUT2D eigenvalue weighted by Gasteiger charge is -2.59. The van der Waals surface area contributed by atoms with Crippen LogP contribution in [0.25, 0.3) is 11.0 Å². The minimum atomic E-state index is -4.73. The SMILES string of the molecule is COc1cc([C@H]2CC[C@@H]2N2CCN(C3CC4(CCN(c5ccc(C(=O)NS(=O)(=O)c6cc7c(c([N+](=O)[O-])c6)N[C@H](C6CCOCC6)CO7)c(N6c7cc8cc[nH]c8nc7O[C@H]7COCC[C@@H]76)c5)CC4)C3)[C@H](c3ccccc3OC(C)C)C2)cnc1N1CCOC[C@@H]1C. The molecule has 3 aromatic carbocycles. The molecule has 6 aromatic rings. The predicted octanol–water partition coefficient (Wildman–Crippen LogP) is 9.35. The number of piperazine rings is 1. The van der Waals surface area contributed by atoms with Gasteiger partial charge in [0, 0.05) is 118 Å². The van der Waals surface area contributed by atoms with Gasteiger partial charge in [-0.1, -0.05) is 18.2 Å². The van der Waals surface area contributed by atoms with Crippen molar-refractivity contribution < 1.29 is 51.3 Å². The van der Waals surface area contributed by atoms with Crippen LogP contribution in [0.3, 0.4) is 0 Å². The van der Waals surface area contributed by atoms with E-state index in [0.29, 0.717) is 80.4 Å². The molecule has 2 aliphatic carbocycles. The van der Waals surface area contributed by atoms with Crippen molar-refractivity contribution in [3.63, 3.8) is 0 Å². The molecule has 3 N–H and O–H groups in total. The molecular formula is C68H83N11O12S.